The average molecular weight is 349 g/mol. The van der Waals surface area contributed by atoms with Crippen LogP contribution in [0.1, 0.15) is 41.5 Å². The Morgan fingerprint density at radius 1 is 0.900 bits per heavy atom. The van der Waals surface area contributed by atoms with E-state index in [-0.39, 0.29) is 24.8 Å². The van der Waals surface area contributed by atoms with E-state index in [1.807, 2.05) is 0 Å². The average Bonchev–Trinajstić information content (AvgIpc) is 2.76. The number of hydrogen-bond acceptors (Lipinski definition) is 0. The Morgan fingerprint density at radius 3 is 1.20 bits per heavy atom. The second-order valence-electron chi connectivity index (χ2n) is 4.95. The van der Waals surface area contributed by atoms with Crippen molar-refractivity contribution in [3.63, 3.8) is 0 Å². The molecule has 0 amide bonds. The molecule has 0 aromatic heterocycles. The molecule has 0 N–H and O–H groups in total. The Balaban J connectivity index is -0.000000215. The van der Waals surface area contributed by atoms with E-state index < -0.39 is 0 Å². The second kappa shape index (κ2) is 14.1. The maximum atomic E-state index is 3.22. The maximum absolute atomic E-state index is 3.22. The largest absolute Gasteiger partial charge is 0.147 e. The van der Waals surface area contributed by atoms with Gasteiger partial charge in [0.05, 0.1) is 0 Å². The van der Waals surface area contributed by atoms with Crippen LogP contribution >= 0.6 is 24.8 Å². The van der Waals surface area contributed by atoms with Crippen molar-refractivity contribution in [2.45, 2.75) is 41.5 Å². The Kier molecular flexibility index (Phi) is 17.7. The first-order chi connectivity index (χ1) is 8.31. The van der Waals surface area contributed by atoms with Gasteiger partial charge in [-0.2, -0.15) is 12.2 Å². The van der Waals surface area contributed by atoms with Crippen LogP contribution in [0.2, 0.25) is 0 Å². The van der Waals surface area contributed by atoms with Gasteiger partial charge in [-0.1, -0.05) is 39.5 Å². The van der Waals surface area contributed by atoms with Crippen molar-refractivity contribution in [1.29, 1.82) is 0 Å². The monoisotopic (exact) mass is 348 g/mol. The van der Waals surface area contributed by atoms with Crippen molar-refractivity contribution < 1.29 is 20.0 Å². The quantitative estimate of drug-likeness (QED) is 0.402. The zero-order valence-corrected chi connectivity index (χ0v) is 16.5. The van der Waals surface area contributed by atoms with Crippen LogP contribution in [0, 0.1) is 24.0 Å². The molecule has 3 heteroatoms. The first-order valence-corrected chi connectivity index (χ1v) is 7.17. The SMILES string of the molecule is CC1=[C-]C(C)C=C1.CC1=[C-]C(C)C=C1.C[C](C)=[Ti+2].Cl.Cl. The third-order valence-corrected chi connectivity index (χ3v) is 2.18. The van der Waals surface area contributed by atoms with E-state index in [1.54, 1.807) is 0 Å². The summed E-state index contributed by atoms with van der Waals surface area (Å²) in [4.78, 5) is 0. The summed E-state index contributed by atoms with van der Waals surface area (Å²) in [6.07, 6.45) is 14.9. The predicted molar refractivity (Wildman–Crippen MR) is 92.3 cm³/mol. The van der Waals surface area contributed by atoms with E-state index in [1.165, 1.54) is 15.0 Å². The number of halogens is 2. The standard InChI is InChI=1S/2C7H9.C3H6.2ClH.Ti/c2*1-6-3-4-7(2)5-6;1-3-2;;;/h2*3-4,6H,1-2H3;1-2H3;2*1H;/q2*-1;;;;+2. The van der Waals surface area contributed by atoms with Crippen LogP contribution in [0.4, 0.5) is 0 Å². The van der Waals surface area contributed by atoms with Crippen LogP contribution in [0.3, 0.4) is 0 Å². The third kappa shape index (κ3) is 16.2. The molecule has 0 nitrogen and oxygen atoms in total. The normalized spacial score (nSPS) is 21.2. The fraction of sp³-hybridized carbons (Fsp3) is 0.471. The molecule has 0 bridgehead atoms. The van der Waals surface area contributed by atoms with E-state index >= 15 is 0 Å². The molecule has 0 heterocycles. The topological polar surface area (TPSA) is 0 Å². The summed E-state index contributed by atoms with van der Waals surface area (Å²) in [5, 5.41) is 0. The minimum absolute atomic E-state index is 0. The van der Waals surface area contributed by atoms with E-state index in [0.29, 0.717) is 11.8 Å². The number of rotatable bonds is 0. The molecule has 0 aromatic carbocycles. The zero-order valence-electron chi connectivity index (χ0n) is 13.3. The van der Waals surface area contributed by atoms with Crippen molar-refractivity contribution in [3.8, 4) is 0 Å². The molecule has 2 rings (SSSR count). The molecule has 2 atom stereocenters. The van der Waals surface area contributed by atoms with Crippen LogP contribution in [-0.4, -0.2) is 3.81 Å². The van der Waals surface area contributed by atoms with Gasteiger partial charge in [0.1, 0.15) is 0 Å². The molecule has 0 saturated carbocycles. The van der Waals surface area contributed by atoms with Crippen molar-refractivity contribution in [2.75, 3.05) is 0 Å². The smallest absolute Gasteiger partial charge is 0.147 e. The van der Waals surface area contributed by atoms with Gasteiger partial charge in [0.25, 0.3) is 0 Å². The van der Waals surface area contributed by atoms with E-state index in [0.717, 1.165) is 0 Å². The summed E-state index contributed by atoms with van der Waals surface area (Å²) in [6, 6.07) is 0. The molecule has 0 radical (unpaired) electrons. The van der Waals surface area contributed by atoms with Gasteiger partial charge >= 0.3 is 37.6 Å². The first kappa shape index (κ1) is 25.1. The van der Waals surface area contributed by atoms with Crippen LogP contribution < -0.4 is 0 Å². The van der Waals surface area contributed by atoms with Crippen molar-refractivity contribution in [3.05, 3.63) is 47.6 Å². The predicted octanol–water partition coefficient (Wildman–Crippen LogP) is 5.47. The molecule has 0 aromatic rings. The molecular formula is C17H26Cl2Ti. The van der Waals surface area contributed by atoms with Gasteiger partial charge in [0.2, 0.25) is 0 Å². The molecule has 112 valence electrons. The zero-order chi connectivity index (χ0) is 14.1. The number of hydrogen-bond donors (Lipinski definition) is 0. The summed E-state index contributed by atoms with van der Waals surface area (Å²) in [6.45, 7) is 12.6. The van der Waals surface area contributed by atoms with Gasteiger partial charge in [0.15, 0.2) is 0 Å². The minimum Gasteiger partial charge on any atom is -0.147 e. The Morgan fingerprint density at radius 2 is 1.15 bits per heavy atom. The first-order valence-electron chi connectivity index (χ1n) is 6.39. The van der Waals surface area contributed by atoms with Crippen molar-refractivity contribution >= 4 is 28.6 Å². The molecule has 0 spiro atoms. The van der Waals surface area contributed by atoms with E-state index in [9.17, 15) is 0 Å². The molecule has 2 aliphatic rings. The van der Waals surface area contributed by atoms with Gasteiger partial charge in [-0.3, -0.25) is 12.2 Å². The van der Waals surface area contributed by atoms with Crippen molar-refractivity contribution in [1.82, 2.24) is 0 Å². The van der Waals surface area contributed by atoms with Crippen molar-refractivity contribution in [2.24, 2.45) is 11.8 Å². The summed E-state index contributed by atoms with van der Waals surface area (Å²) in [5.41, 5.74) is 2.54. The van der Waals surface area contributed by atoms with E-state index in [2.05, 4.69) is 98.0 Å². The Bertz CT molecular complexity index is 354. The van der Waals surface area contributed by atoms with Gasteiger partial charge < -0.3 is 0 Å². The van der Waals surface area contributed by atoms with Crippen LogP contribution in [0.25, 0.3) is 0 Å². The minimum atomic E-state index is 0. The maximum Gasteiger partial charge on any atom is -0.147 e. The van der Waals surface area contributed by atoms with Crippen LogP contribution in [0.5, 0.6) is 0 Å². The molecule has 20 heavy (non-hydrogen) atoms. The third-order valence-electron chi connectivity index (χ3n) is 2.18. The molecule has 2 aliphatic carbocycles. The van der Waals surface area contributed by atoms with Crippen LogP contribution in [-0.2, 0) is 20.0 Å². The fourth-order valence-corrected chi connectivity index (χ4v) is 1.49. The second-order valence-corrected chi connectivity index (χ2v) is 6.51. The summed E-state index contributed by atoms with van der Waals surface area (Å²) in [7, 11) is 0. The molecule has 0 saturated heterocycles. The Hall–Kier alpha value is 0.124. The number of allylic oxidation sites excluding steroid dienone is 8. The van der Waals surface area contributed by atoms with Crippen LogP contribution in [0.15, 0.2) is 35.5 Å². The Labute approximate surface area is 149 Å². The summed E-state index contributed by atoms with van der Waals surface area (Å²) < 4.78 is 1.42. The van der Waals surface area contributed by atoms with E-state index in [4.69, 9.17) is 0 Å². The molecule has 0 fully saturated rings. The molecular weight excluding hydrogens is 323 g/mol. The van der Waals surface area contributed by atoms with Gasteiger partial charge in [-0.05, 0) is 0 Å². The molecule has 2 unspecified atom stereocenters. The fourth-order valence-electron chi connectivity index (χ4n) is 1.49. The van der Waals surface area contributed by atoms with Gasteiger partial charge in [-0.15, -0.1) is 24.8 Å². The van der Waals surface area contributed by atoms with Gasteiger partial charge in [0, 0.05) is 0 Å². The summed E-state index contributed by atoms with van der Waals surface area (Å²) >= 11 is 2.08. The molecule has 0 aliphatic heterocycles. The van der Waals surface area contributed by atoms with Gasteiger partial charge in [-0.25, -0.2) is 23.3 Å². The summed E-state index contributed by atoms with van der Waals surface area (Å²) in [5.74, 6) is 1.11.